The highest BCUT2D eigenvalue weighted by Crippen LogP contribution is 2.37. The zero-order valence-corrected chi connectivity index (χ0v) is 21.6. The van der Waals surface area contributed by atoms with Gasteiger partial charge >= 0.3 is 5.97 Å². The molecule has 0 saturated heterocycles. The summed E-state index contributed by atoms with van der Waals surface area (Å²) in [6, 6.07) is 18.1. The Morgan fingerprint density at radius 1 is 1.03 bits per heavy atom. The van der Waals surface area contributed by atoms with Gasteiger partial charge in [0.2, 0.25) is 0 Å². The van der Waals surface area contributed by atoms with Gasteiger partial charge < -0.3 is 14.7 Å². The van der Waals surface area contributed by atoms with Gasteiger partial charge in [0.05, 0.1) is 13.0 Å². The molecule has 6 nitrogen and oxygen atoms in total. The summed E-state index contributed by atoms with van der Waals surface area (Å²) in [5, 5.41) is 9.14. The maximum Gasteiger partial charge on any atom is 0.303 e. The molecule has 1 N–H and O–H groups in total. The van der Waals surface area contributed by atoms with Crippen molar-refractivity contribution in [2.24, 2.45) is 0 Å². The van der Waals surface area contributed by atoms with Crippen LogP contribution in [0.5, 0.6) is 5.75 Å². The third kappa shape index (κ3) is 6.22. The van der Waals surface area contributed by atoms with Gasteiger partial charge in [-0.15, -0.1) is 0 Å². The predicted octanol–water partition coefficient (Wildman–Crippen LogP) is 6.50. The van der Waals surface area contributed by atoms with Crippen LogP contribution in [0.25, 0.3) is 22.5 Å². The SMILES string of the molecule is CN(CCCOc1ccc2c(c1)CC[C@H]2CC(=O)O)c1nc(-c2ccc(F)cc2)ncc1-c1ccc(F)cc1. The lowest BCUT2D eigenvalue weighted by molar-refractivity contribution is -0.137. The first-order chi connectivity index (χ1) is 18.9. The van der Waals surface area contributed by atoms with Crippen LogP contribution >= 0.6 is 0 Å². The van der Waals surface area contributed by atoms with Gasteiger partial charge in [-0.2, -0.15) is 0 Å². The summed E-state index contributed by atoms with van der Waals surface area (Å²) < 4.78 is 33.0. The van der Waals surface area contributed by atoms with Gasteiger partial charge in [-0.25, -0.2) is 18.7 Å². The maximum absolute atomic E-state index is 13.6. The summed E-state index contributed by atoms with van der Waals surface area (Å²) in [6.45, 7) is 1.13. The quantitative estimate of drug-likeness (QED) is 0.237. The summed E-state index contributed by atoms with van der Waals surface area (Å²) in [4.78, 5) is 22.4. The number of carboxylic acids is 1. The lowest BCUT2D eigenvalue weighted by Crippen LogP contribution is -2.22. The highest BCUT2D eigenvalue weighted by molar-refractivity contribution is 5.76. The third-order valence-corrected chi connectivity index (χ3v) is 7.03. The molecular formula is C31H29F2N3O3. The number of rotatable bonds is 10. The molecular weight excluding hydrogens is 500 g/mol. The summed E-state index contributed by atoms with van der Waals surface area (Å²) in [7, 11) is 1.93. The average molecular weight is 530 g/mol. The van der Waals surface area contributed by atoms with Crippen molar-refractivity contribution in [3.63, 3.8) is 0 Å². The zero-order valence-electron chi connectivity index (χ0n) is 21.6. The molecule has 1 atom stereocenters. The summed E-state index contributed by atoms with van der Waals surface area (Å²) >= 11 is 0. The van der Waals surface area contributed by atoms with Gasteiger partial charge in [-0.05, 0) is 90.4 Å². The van der Waals surface area contributed by atoms with Crippen molar-refractivity contribution in [3.05, 3.63) is 95.7 Å². The van der Waals surface area contributed by atoms with E-state index in [1.54, 1.807) is 30.5 Å². The van der Waals surface area contributed by atoms with Crippen molar-refractivity contribution in [1.82, 2.24) is 9.97 Å². The molecule has 1 aliphatic carbocycles. The molecule has 8 heteroatoms. The van der Waals surface area contributed by atoms with E-state index in [0.29, 0.717) is 36.8 Å². The van der Waals surface area contributed by atoms with Crippen molar-refractivity contribution in [2.45, 2.75) is 31.6 Å². The summed E-state index contributed by atoms with van der Waals surface area (Å²) in [6.07, 6.45) is 4.30. The van der Waals surface area contributed by atoms with Crippen LogP contribution in [0.4, 0.5) is 14.6 Å². The number of carboxylic acid groups (broad SMARTS) is 1. The number of aryl methyl sites for hydroxylation is 1. The number of nitrogens with zero attached hydrogens (tertiary/aromatic N) is 3. The standard InChI is InChI=1S/C31H29F2N3O3/c1-36(15-2-16-39-26-13-14-27-22(17-26)3-4-23(27)18-29(37)38)31-28(20-5-9-24(32)10-6-20)19-34-30(35-31)21-7-11-25(33)12-8-21/h5-14,17,19,23H,2-4,15-16,18H2,1H3,(H,37,38)/t23-/m0/s1. The largest absolute Gasteiger partial charge is 0.494 e. The highest BCUT2D eigenvalue weighted by Gasteiger charge is 2.25. The van der Waals surface area contributed by atoms with Crippen molar-refractivity contribution in [2.75, 3.05) is 25.1 Å². The predicted molar refractivity (Wildman–Crippen MR) is 146 cm³/mol. The average Bonchev–Trinajstić information content (AvgIpc) is 3.33. The molecule has 4 aromatic rings. The van der Waals surface area contributed by atoms with Crippen molar-refractivity contribution < 1.29 is 23.4 Å². The summed E-state index contributed by atoms with van der Waals surface area (Å²) in [5.74, 6) is 0.578. The molecule has 3 aromatic carbocycles. The van der Waals surface area contributed by atoms with Gasteiger partial charge in [0.25, 0.3) is 0 Å². The summed E-state index contributed by atoms with van der Waals surface area (Å²) in [5.41, 5.74) is 4.52. The minimum Gasteiger partial charge on any atom is -0.494 e. The Hall–Kier alpha value is -4.33. The van der Waals surface area contributed by atoms with Crippen LogP contribution < -0.4 is 9.64 Å². The highest BCUT2D eigenvalue weighted by atomic mass is 19.1. The van der Waals surface area contributed by atoms with E-state index in [1.807, 2.05) is 30.1 Å². The third-order valence-electron chi connectivity index (χ3n) is 7.03. The molecule has 1 aliphatic rings. The Balaban J connectivity index is 1.27. The molecule has 200 valence electrons. The van der Waals surface area contributed by atoms with Crippen LogP contribution in [-0.2, 0) is 11.2 Å². The second kappa shape index (κ2) is 11.6. The molecule has 0 bridgehead atoms. The van der Waals surface area contributed by atoms with Gasteiger partial charge in [0, 0.05) is 30.9 Å². The van der Waals surface area contributed by atoms with E-state index in [-0.39, 0.29) is 24.0 Å². The number of hydrogen-bond donors (Lipinski definition) is 1. The molecule has 0 spiro atoms. The number of benzene rings is 3. The zero-order chi connectivity index (χ0) is 27.4. The molecule has 5 rings (SSSR count). The van der Waals surface area contributed by atoms with E-state index in [9.17, 15) is 13.6 Å². The van der Waals surface area contributed by atoms with Crippen molar-refractivity contribution >= 4 is 11.8 Å². The lowest BCUT2D eigenvalue weighted by atomic mass is 9.98. The first-order valence-corrected chi connectivity index (χ1v) is 12.9. The van der Waals surface area contributed by atoms with Crippen LogP contribution in [0.15, 0.2) is 72.9 Å². The van der Waals surface area contributed by atoms with Crippen LogP contribution in [0, 0.1) is 11.6 Å². The van der Waals surface area contributed by atoms with Crippen LogP contribution in [0.1, 0.15) is 36.3 Å². The molecule has 1 heterocycles. The number of halogens is 2. The van der Waals surface area contributed by atoms with Crippen LogP contribution in [0.2, 0.25) is 0 Å². The van der Waals surface area contributed by atoms with Gasteiger partial charge in [-0.1, -0.05) is 18.2 Å². The van der Waals surface area contributed by atoms with E-state index < -0.39 is 5.97 Å². The number of ether oxygens (including phenoxy) is 1. The van der Waals surface area contributed by atoms with E-state index in [1.165, 1.54) is 24.3 Å². The van der Waals surface area contributed by atoms with Gasteiger partial charge in [0.15, 0.2) is 5.82 Å². The van der Waals surface area contributed by atoms with Crippen LogP contribution in [-0.4, -0.2) is 41.2 Å². The second-order valence-corrected chi connectivity index (χ2v) is 9.76. The fourth-order valence-corrected chi connectivity index (χ4v) is 5.03. The molecule has 0 unspecified atom stereocenters. The number of aliphatic carboxylic acids is 1. The molecule has 39 heavy (non-hydrogen) atoms. The molecule has 0 saturated carbocycles. The van der Waals surface area contributed by atoms with Gasteiger partial charge in [-0.3, -0.25) is 4.79 Å². The Morgan fingerprint density at radius 2 is 1.72 bits per heavy atom. The Kier molecular flexibility index (Phi) is 7.81. The number of anilines is 1. The molecule has 0 fully saturated rings. The van der Waals surface area contributed by atoms with E-state index in [2.05, 4.69) is 4.98 Å². The normalized spacial score (nSPS) is 14.2. The minimum atomic E-state index is -0.770. The fourth-order valence-electron chi connectivity index (χ4n) is 5.03. The topological polar surface area (TPSA) is 75.5 Å². The lowest BCUT2D eigenvalue weighted by Gasteiger charge is -2.22. The van der Waals surface area contributed by atoms with E-state index >= 15 is 0 Å². The van der Waals surface area contributed by atoms with Crippen molar-refractivity contribution in [1.29, 1.82) is 0 Å². The van der Waals surface area contributed by atoms with Gasteiger partial charge in [0.1, 0.15) is 23.2 Å². The monoisotopic (exact) mass is 529 g/mol. The number of aromatic nitrogens is 2. The Labute approximate surface area is 225 Å². The van der Waals surface area contributed by atoms with E-state index in [4.69, 9.17) is 14.8 Å². The minimum absolute atomic E-state index is 0.0724. The first-order valence-electron chi connectivity index (χ1n) is 12.9. The molecule has 1 aromatic heterocycles. The number of fused-ring (bicyclic) bond motifs is 1. The molecule has 0 radical (unpaired) electrons. The first kappa shape index (κ1) is 26.3. The fraction of sp³-hybridized carbons (Fsp3) is 0.258. The number of carbonyl (C=O) groups is 1. The number of hydrogen-bond acceptors (Lipinski definition) is 5. The van der Waals surface area contributed by atoms with E-state index in [0.717, 1.165) is 40.8 Å². The van der Waals surface area contributed by atoms with Crippen LogP contribution in [0.3, 0.4) is 0 Å². The Morgan fingerprint density at radius 3 is 2.41 bits per heavy atom. The second-order valence-electron chi connectivity index (χ2n) is 9.76. The maximum atomic E-state index is 13.6. The Bertz CT molecular complexity index is 1460. The smallest absolute Gasteiger partial charge is 0.303 e. The molecule has 0 amide bonds. The molecule has 0 aliphatic heterocycles. The van der Waals surface area contributed by atoms with Crippen molar-refractivity contribution in [3.8, 4) is 28.3 Å².